The number of ether oxygens (including phenoxy) is 1. The molecule has 0 aliphatic carbocycles. The van der Waals surface area contributed by atoms with Crippen molar-refractivity contribution in [2.45, 2.75) is 12.6 Å². The Balaban J connectivity index is 1.62. The third-order valence-corrected chi connectivity index (χ3v) is 6.40. The van der Waals surface area contributed by atoms with Crippen molar-refractivity contribution in [3.05, 3.63) is 83.9 Å². The van der Waals surface area contributed by atoms with Gasteiger partial charge in [0.15, 0.2) is 11.6 Å². The molecule has 0 unspecified atom stereocenters. The molecule has 9 nitrogen and oxygen atoms in total. The largest absolute Gasteiger partial charge is 0.435 e. The van der Waals surface area contributed by atoms with Crippen molar-refractivity contribution in [2.24, 2.45) is 0 Å². The normalized spacial score (nSPS) is 11.4. The van der Waals surface area contributed by atoms with Crippen molar-refractivity contribution in [3.63, 3.8) is 0 Å². The highest BCUT2D eigenvalue weighted by Crippen LogP contribution is 2.35. The van der Waals surface area contributed by atoms with Crippen molar-refractivity contribution in [1.82, 2.24) is 19.9 Å². The van der Waals surface area contributed by atoms with E-state index in [-0.39, 0.29) is 22.9 Å². The van der Waals surface area contributed by atoms with Crippen LogP contribution in [-0.4, -0.2) is 67.0 Å². The number of hydrogen-bond donors (Lipinski definition) is 2. The Hall–Kier alpha value is -4.78. The van der Waals surface area contributed by atoms with Gasteiger partial charge in [-0.1, -0.05) is 0 Å². The van der Waals surface area contributed by atoms with Gasteiger partial charge in [-0.25, -0.2) is 19.3 Å². The quantitative estimate of drug-likeness (QED) is 0.198. The second kappa shape index (κ2) is 13.5. The lowest BCUT2D eigenvalue weighted by Crippen LogP contribution is -2.26. The monoisotopic (exact) mass is 597 g/mol. The molecule has 226 valence electrons. The van der Waals surface area contributed by atoms with Crippen molar-refractivity contribution in [1.29, 1.82) is 0 Å². The summed E-state index contributed by atoms with van der Waals surface area (Å²) in [5.41, 5.74) is 0.231. The van der Waals surface area contributed by atoms with Gasteiger partial charge in [-0.15, -0.1) is 0 Å². The maximum atomic E-state index is 14.9. The third-order valence-electron chi connectivity index (χ3n) is 6.40. The van der Waals surface area contributed by atoms with Gasteiger partial charge < -0.3 is 25.2 Å². The van der Waals surface area contributed by atoms with Crippen LogP contribution in [0.4, 0.5) is 34.9 Å². The second-order valence-electron chi connectivity index (χ2n) is 9.88. The van der Waals surface area contributed by atoms with Crippen LogP contribution in [0.1, 0.15) is 22.3 Å². The van der Waals surface area contributed by atoms with Gasteiger partial charge in [0.05, 0.1) is 22.4 Å². The van der Waals surface area contributed by atoms with Gasteiger partial charge in [-0.2, -0.15) is 13.2 Å². The van der Waals surface area contributed by atoms with Gasteiger partial charge in [0, 0.05) is 50.5 Å². The molecule has 0 saturated heterocycles. The summed E-state index contributed by atoms with van der Waals surface area (Å²) in [6.45, 7) is 1.27. The molecule has 43 heavy (non-hydrogen) atoms. The predicted molar refractivity (Wildman–Crippen MR) is 157 cm³/mol. The Morgan fingerprint density at radius 2 is 1.77 bits per heavy atom. The van der Waals surface area contributed by atoms with Gasteiger partial charge in [0.25, 0.3) is 5.91 Å². The number of amides is 1. The lowest BCUT2D eigenvalue weighted by atomic mass is 10.1. The molecule has 1 amide bonds. The topological polar surface area (TPSA) is 95.5 Å². The Bertz CT molecular complexity index is 1580. The number of pyridine rings is 1. The van der Waals surface area contributed by atoms with E-state index in [1.54, 1.807) is 43.4 Å². The average molecular weight is 598 g/mol. The highest BCUT2D eigenvalue weighted by molar-refractivity contribution is 6.08. The van der Waals surface area contributed by atoms with Crippen LogP contribution in [-0.2, 0) is 6.18 Å². The summed E-state index contributed by atoms with van der Waals surface area (Å²) in [7, 11) is 7.21. The molecule has 0 atom stereocenters. The van der Waals surface area contributed by atoms with Crippen LogP contribution in [0.3, 0.4) is 0 Å². The zero-order valence-corrected chi connectivity index (χ0v) is 24.0. The molecule has 0 radical (unpaired) electrons. The fraction of sp³-hybridized carbons (Fsp3) is 0.267. The number of aromatic nitrogens is 3. The van der Waals surface area contributed by atoms with E-state index in [0.29, 0.717) is 29.4 Å². The van der Waals surface area contributed by atoms with E-state index in [0.717, 1.165) is 31.2 Å². The average Bonchev–Trinajstić information content (AvgIpc) is 2.98. The fourth-order valence-electron chi connectivity index (χ4n) is 4.23. The number of nitrogens with one attached hydrogen (secondary N) is 2. The Morgan fingerprint density at radius 3 is 2.49 bits per heavy atom. The van der Waals surface area contributed by atoms with Gasteiger partial charge in [-0.3, -0.25) is 4.79 Å². The Morgan fingerprint density at radius 1 is 0.977 bits per heavy atom. The third kappa shape index (κ3) is 7.95. The van der Waals surface area contributed by atoms with Gasteiger partial charge in [-0.05, 0) is 75.6 Å². The van der Waals surface area contributed by atoms with E-state index in [2.05, 4.69) is 25.6 Å². The zero-order chi connectivity index (χ0) is 31.1. The molecule has 4 aromatic rings. The van der Waals surface area contributed by atoms with E-state index in [9.17, 15) is 22.4 Å². The predicted octanol–water partition coefficient (Wildman–Crippen LogP) is 6.17. The number of hydrogen-bond acceptors (Lipinski definition) is 8. The van der Waals surface area contributed by atoms with Crippen LogP contribution in [0.15, 0.2) is 67.0 Å². The summed E-state index contributed by atoms with van der Waals surface area (Å²) in [5, 5.41) is 5.42. The second-order valence-corrected chi connectivity index (χ2v) is 9.88. The molecule has 2 aromatic heterocycles. The van der Waals surface area contributed by atoms with E-state index < -0.39 is 23.5 Å². The van der Waals surface area contributed by atoms with Gasteiger partial charge in [0.2, 0.25) is 11.8 Å². The first-order valence-corrected chi connectivity index (χ1v) is 13.3. The minimum atomic E-state index is -4.65. The summed E-state index contributed by atoms with van der Waals surface area (Å²) in [6, 6.07) is 11.6. The lowest BCUT2D eigenvalue weighted by Gasteiger charge is -2.24. The number of halogens is 4. The number of rotatable bonds is 11. The van der Waals surface area contributed by atoms with E-state index in [4.69, 9.17) is 4.74 Å². The van der Waals surface area contributed by atoms with Crippen LogP contribution >= 0.6 is 0 Å². The summed E-state index contributed by atoms with van der Waals surface area (Å²) in [4.78, 5) is 29.8. The molecule has 2 heterocycles. The number of nitrogens with zero attached hydrogens (tertiary/aromatic N) is 5. The SMILES string of the molecule is CNc1nccc(-c2cccnc2Oc2cc(NC(=O)c3cc(C(F)(F)F)ccc3N(C)CCCN(C)C)ccc2F)n1. The number of carbonyl (C=O) groups is 1. The minimum Gasteiger partial charge on any atom is -0.435 e. The van der Waals surface area contributed by atoms with Crippen LogP contribution in [0.25, 0.3) is 11.3 Å². The maximum absolute atomic E-state index is 14.9. The van der Waals surface area contributed by atoms with Crippen LogP contribution in [0, 0.1) is 5.82 Å². The molecule has 0 bridgehead atoms. The van der Waals surface area contributed by atoms with Crippen LogP contribution in [0.2, 0.25) is 0 Å². The summed E-state index contributed by atoms with van der Waals surface area (Å²) in [5.74, 6) is -1.39. The van der Waals surface area contributed by atoms with Crippen LogP contribution < -0.4 is 20.3 Å². The first kappa shape index (κ1) is 31.2. The molecule has 2 aromatic carbocycles. The molecule has 0 spiro atoms. The molecule has 2 N–H and O–H groups in total. The molecule has 13 heteroatoms. The number of carbonyl (C=O) groups excluding carboxylic acids is 1. The van der Waals surface area contributed by atoms with Crippen molar-refractivity contribution < 1.29 is 27.1 Å². The van der Waals surface area contributed by atoms with E-state index in [1.165, 1.54) is 24.4 Å². The molecule has 4 rings (SSSR count). The van der Waals surface area contributed by atoms with Gasteiger partial charge >= 0.3 is 6.18 Å². The molecule has 0 saturated carbocycles. The maximum Gasteiger partial charge on any atom is 0.416 e. The first-order chi connectivity index (χ1) is 20.5. The minimum absolute atomic E-state index is 0.0464. The molecule has 0 aliphatic rings. The molecular formula is C30H31F4N7O2. The lowest BCUT2D eigenvalue weighted by molar-refractivity contribution is -0.137. The highest BCUT2D eigenvalue weighted by atomic mass is 19.4. The van der Waals surface area contributed by atoms with Crippen molar-refractivity contribution >= 4 is 23.2 Å². The van der Waals surface area contributed by atoms with Crippen molar-refractivity contribution in [3.8, 4) is 22.9 Å². The number of alkyl halides is 3. The summed E-state index contributed by atoms with van der Waals surface area (Å²) >= 11 is 0. The van der Waals surface area contributed by atoms with Gasteiger partial charge in [0.1, 0.15) is 0 Å². The molecule has 0 fully saturated rings. The molecular weight excluding hydrogens is 566 g/mol. The van der Waals surface area contributed by atoms with E-state index in [1.807, 2.05) is 19.0 Å². The number of anilines is 3. The first-order valence-electron chi connectivity index (χ1n) is 13.3. The van der Waals surface area contributed by atoms with Crippen molar-refractivity contribution in [2.75, 3.05) is 56.8 Å². The standard InChI is InChI=1S/C30H31F4N7O2/c1-35-29-37-14-12-24(39-29)21-7-5-13-36-28(21)43-26-18-20(9-10-23(26)31)38-27(42)22-17-19(30(32,33)34)8-11-25(22)41(4)16-6-15-40(2)3/h5,7-14,17-18H,6,15-16H2,1-4H3,(H,38,42)(H,35,37,39). The Kier molecular flexibility index (Phi) is 9.76. The van der Waals surface area contributed by atoms with Crippen LogP contribution in [0.5, 0.6) is 11.6 Å². The Labute approximate surface area is 246 Å². The summed E-state index contributed by atoms with van der Waals surface area (Å²) < 4.78 is 61.3. The zero-order valence-electron chi connectivity index (χ0n) is 24.0. The molecule has 0 aliphatic heterocycles. The fourth-order valence-corrected chi connectivity index (χ4v) is 4.23. The smallest absolute Gasteiger partial charge is 0.416 e. The highest BCUT2D eigenvalue weighted by Gasteiger charge is 2.32. The summed E-state index contributed by atoms with van der Waals surface area (Å²) in [6.07, 6.45) is -0.910. The van der Waals surface area contributed by atoms with E-state index >= 15 is 0 Å². The number of benzene rings is 2.